The zero-order chi connectivity index (χ0) is 17.9. The zero-order valence-corrected chi connectivity index (χ0v) is 14.6. The van der Waals surface area contributed by atoms with E-state index in [-0.39, 0.29) is 11.7 Å². The first-order valence-corrected chi connectivity index (χ1v) is 8.75. The van der Waals surface area contributed by atoms with Crippen LogP contribution in [0.2, 0.25) is 0 Å². The molecule has 3 nitrogen and oxygen atoms in total. The molecule has 0 fully saturated rings. The van der Waals surface area contributed by atoms with Crippen LogP contribution in [0.25, 0.3) is 10.9 Å². The number of aromatic nitrogens is 2. The minimum atomic E-state index is 0.0119. The van der Waals surface area contributed by atoms with Gasteiger partial charge in [-0.3, -0.25) is 4.98 Å². The van der Waals surface area contributed by atoms with Crippen LogP contribution in [0.3, 0.4) is 0 Å². The molecule has 0 saturated carbocycles. The summed E-state index contributed by atoms with van der Waals surface area (Å²) in [5, 5.41) is 11.9. The van der Waals surface area contributed by atoms with Crippen molar-refractivity contribution < 1.29 is 5.11 Å². The molecule has 3 heteroatoms. The second-order valence-corrected chi connectivity index (χ2v) is 6.56. The molecule has 26 heavy (non-hydrogen) atoms. The van der Waals surface area contributed by atoms with E-state index < -0.39 is 0 Å². The van der Waals surface area contributed by atoms with Crippen molar-refractivity contribution in [3.8, 4) is 5.75 Å². The predicted octanol–water partition coefficient (Wildman–Crippen LogP) is 5.02. The SMILES string of the molecule is Cc1ccc2ccc(C(Cc3ccccc3)c3cccnc3)c(O)c2n1. The minimum Gasteiger partial charge on any atom is -0.505 e. The largest absolute Gasteiger partial charge is 0.505 e. The average Bonchev–Trinajstić information content (AvgIpc) is 2.69. The summed E-state index contributed by atoms with van der Waals surface area (Å²) < 4.78 is 0. The maximum atomic E-state index is 11.0. The van der Waals surface area contributed by atoms with Gasteiger partial charge in [0.2, 0.25) is 0 Å². The Morgan fingerprint density at radius 3 is 2.50 bits per heavy atom. The Kier molecular flexibility index (Phi) is 4.36. The molecule has 0 amide bonds. The lowest BCUT2D eigenvalue weighted by Crippen LogP contribution is -2.06. The smallest absolute Gasteiger partial charge is 0.145 e. The standard InChI is InChI=1S/C23H20N2O/c1-16-9-10-18-11-12-20(23(26)22(18)25-16)21(19-8-5-13-24-15-19)14-17-6-3-2-4-7-17/h2-13,15,21,26H,14H2,1H3. The van der Waals surface area contributed by atoms with Crippen LogP contribution in [0.5, 0.6) is 5.75 Å². The van der Waals surface area contributed by atoms with Crippen molar-refractivity contribution in [3.05, 3.63) is 102 Å². The summed E-state index contributed by atoms with van der Waals surface area (Å²) in [5.41, 5.74) is 4.74. The van der Waals surface area contributed by atoms with Gasteiger partial charge >= 0.3 is 0 Å². The normalized spacial score (nSPS) is 12.2. The number of rotatable bonds is 4. The van der Waals surface area contributed by atoms with E-state index in [0.29, 0.717) is 5.52 Å². The van der Waals surface area contributed by atoms with Gasteiger partial charge in [-0.2, -0.15) is 0 Å². The topological polar surface area (TPSA) is 46.0 Å². The Morgan fingerprint density at radius 1 is 0.923 bits per heavy atom. The Bertz CT molecular complexity index is 1030. The van der Waals surface area contributed by atoms with Gasteiger partial charge in [0.25, 0.3) is 0 Å². The van der Waals surface area contributed by atoms with Crippen molar-refractivity contribution in [1.82, 2.24) is 9.97 Å². The van der Waals surface area contributed by atoms with Gasteiger partial charge in [0.1, 0.15) is 11.3 Å². The molecule has 0 radical (unpaired) electrons. The van der Waals surface area contributed by atoms with Crippen molar-refractivity contribution in [1.29, 1.82) is 0 Å². The third-order valence-corrected chi connectivity index (χ3v) is 4.75. The molecule has 0 aliphatic carbocycles. The number of fused-ring (bicyclic) bond motifs is 1. The first kappa shape index (κ1) is 16.3. The lowest BCUT2D eigenvalue weighted by molar-refractivity contribution is 0.469. The van der Waals surface area contributed by atoms with Crippen LogP contribution in [0.4, 0.5) is 0 Å². The molecular weight excluding hydrogens is 320 g/mol. The van der Waals surface area contributed by atoms with E-state index in [4.69, 9.17) is 0 Å². The van der Waals surface area contributed by atoms with Crippen molar-refractivity contribution >= 4 is 10.9 Å². The molecular formula is C23H20N2O. The third-order valence-electron chi connectivity index (χ3n) is 4.75. The molecule has 2 heterocycles. The van der Waals surface area contributed by atoms with Crippen LogP contribution in [-0.4, -0.2) is 15.1 Å². The first-order chi connectivity index (χ1) is 12.7. The Labute approximate surface area is 153 Å². The fourth-order valence-corrected chi connectivity index (χ4v) is 3.41. The lowest BCUT2D eigenvalue weighted by Gasteiger charge is -2.20. The summed E-state index contributed by atoms with van der Waals surface area (Å²) in [5.74, 6) is 0.272. The van der Waals surface area contributed by atoms with Crippen LogP contribution >= 0.6 is 0 Å². The molecule has 1 N–H and O–H groups in total. The van der Waals surface area contributed by atoms with Gasteiger partial charge in [0.05, 0.1) is 0 Å². The molecule has 128 valence electrons. The number of hydrogen-bond acceptors (Lipinski definition) is 3. The van der Waals surface area contributed by atoms with E-state index in [1.54, 1.807) is 6.20 Å². The van der Waals surface area contributed by atoms with Gasteiger partial charge in [-0.25, -0.2) is 4.98 Å². The fourth-order valence-electron chi connectivity index (χ4n) is 3.41. The summed E-state index contributed by atoms with van der Waals surface area (Å²) in [7, 11) is 0. The van der Waals surface area contributed by atoms with Crippen molar-refractivity contribution in [2.45, 2.75) is 19.3 Å². The lowest BCUT2D eigenvalue weighted by atomic mass is 9.85. The van der Waals surface area contributed by atoms with Gasteiger partial charge in [-0.05, 0) is 36.6 Å². The van der Waals surface area contributed by atoms with Gasteiger partial charge in [0, 0.05) is 35.0 Å². The zero-order valence-electron chi connectivity index (χ0n) is 14.6. The predicted molar refractivity (Wildman–Crippen MR) is 104 cm³/mol. The van der Waals surface area contributed by atoms with E-state index in [2.05, 4.69) is 28.2 Å². The summed E-state index contributed by atoms with van der Waals surface area (Å²) in [6.07, 6.45) is 4.44. The highest BCUT2D eigenvalue weighted by Crippen LogP contribution is 2.37. The van der Waals surface area contributed by atoms with E-state index >= 15 is 0 Å². The van der Waals surface area contributed by atoms with Crippen LogP contribution in [0.15, 0.2) is 79.1 Å². The first-order valence-electron chi connectivity index (χ1n) is 8.75. The fraction of sp³-hybridized carbons (Fsp3) is 0.130. The molecule has 0 bridgehead atoms. The molecule has 0 aliphatic heterocycles. The van der Waals surface area contributed by atoms with Crippen LogP contribution in [-0.2, 0) is 6.42 Å². The van der Waals surface area contributed by atoms with Crippen LogP contribution in [0.1, 0.15) is 28.3 Å². The van der Waals surface area contributed by atoms with E-state index in [0.717, 1.165) is 28.6 Å². The highest BCUT2D eigenvalue weighted by atomic mass is 16.3. The molecule has 4 aromatic rings. The number of phenols is 1. The molecule has 0 aliphatic rings. The van der Waals surface area contributed by atoms with Gasteiger partial charge < -0.3 is 5.11 Å². The molecule has 2 aromatic carbocycles. The molecule has 2 aromatic heterocycles. The molecule has 4 rings (SSSR count). The molecule has 1 unspecified atom stereocenters. The Hall–Kier alpha value is -3.20. The minimum absolute atomic E-state index is 0.0119. The maximum absolute atomic E-state index is 11.0. The number of pyridine rings is 2. The van der Waals surface area contributed by atoms with Crippen LogP contribution < -0.4 is 0 Å². The van der Waals surface area contributed by atoms with Crippen molar-refractivity contribution in [3.63, 3.8) is 0 Å². The van der Waals surface area contributed by atoms with Gasteiger partial charge in [-0.1, -0.05) is 54.6 Å². The number of aryl methyl sites for hydroxylation is 1. The third kappa shape index (κ3) is 3.16. The molecule has 1 atom stereocenters. The Balaban J connectivity index is 1.86. The Morgan fingerprint density at radius 2 is 1.73 bits per heavy atom. The highest BCUT2D eigenvalue weighted by Gasteiger charge is 2.20. The van der Waals surface area contributed by atoms with Crippen LogP contribution in [0, 0.1) is 6.92 Å². The maximum Gasteiger partial charge on any atom is 0.145 e. The van der Waals surface area contributed by atoms with Gasteiger partial charge in [-0.15, -0.1) is 0 Å². The second kappa shape index (κ2) is 6.96. The van der Waals surface area contributed by atoms with E-state index in [9.17, 15) is 5.11 Å². The molecule has 0 spiro atoms. The summed E-state index contributed by atoms with van der Waals surface area (Å²) in [4.78, 5) is 8.83. The van der Waals surface area contributed by atoms with E-state index in [1.165, 1.54) is 5.56 Å². The summed E-state index contributed by atoms with van der Waals surface area (Å²) in [6.45, 7) is 1.94. The number of aromatic hydroxyl groups is 1. The summed E-state index contributed by atoms with van der Waals surface area (Å²) in [6, 6.07) is 22.3. The number of benzene rings is 2. The van der Waals surface area contributed by atoms with E-state index in [1.807, 2.05) is 61.7 Å². The second-order valence-electron chi connectivity index (χ2n) is 6.56. The van der Waals surface area contributed by atoms with Gasteiger partial charge in [0.15, 0.2) is 0 Å². The number of phenolic OH excluding ortho intramolecular Hbond substituents is 1. The molecule has 0 saturated heterocycles. The van der Waals surface area contributed by atoms with Crippen molar-refractivity contribution in [2.24, 2.45) is 0 Å². The summed E-state index contributed by atoms with van der Waals surface area (Å²) >= 11 is 0. The van der Waals surface area contributed by atoms with Crippen molar-refractivity contribution in [2.75, 3.05) is 0 Å². The number of nitrogens with zero attached hydrogens (tertiary/aromatic N) is 2. The average molecular weight is 340 g/mol. The monoisotopic (exact) mass is 340 g/mol. The quantitative estimate of drug-likeness (QED) is 0.567. The highest BCUT2D eigenvalue weighted by molar-refractivity contribution is 5.86. The number of hydrogen-bond donors (Lipinski definition) is 1.